The van der Waals surface area contributed by atoms with Crippen molar-refractivity contribution >= 4 is 21.9 Å². The number of benzene rings is 1. The molecule has 0 radical (unpaired) electrons. The van der Waals surface area contributed by atoms with Gasteiger partial charge in [0.1, 0.15) is 0 Å². The van der Waals surface area contributed by atoms with Crippen molar-refractivity contribution in [2.75, 3.05) is 7.11 Å². The highest BCUT2D eigenvalue weighted by atomic mass is 79.9. The maximum atomic E-state index is 11.1. The molecular formula is C11H10BrNO3. The molecule has 0 aliphatic heterocycles. The lowest BCUT2D eigenvalue weighted by Crippen LogP contribution is -2.07. The normalized spacial score (nSPS) is 9.62. The molecule has 16 heavy (non-hydrogen) atoms. The minimum Gasteiger partial charge on any atom is -0.469 e. The first kappa shape index (κ1) is 12.7. The summed E-state index contributed by atoms with van der Waals surface area (Å²) in [7, 11) is 1.29. The first-order valence-electron chi connectivity index (χ1n) is 4.51. The molecule has 1 aromatic carbocycles. The highest BCUT2D eigenvalue weighted by molar-refractivity contribution is 9.10. The Kier molecular flexibility index (Phi) is 4.47. The molecule has 1 N–H and O–H groups in total. The summed E-state index contributed by atoms with van der Waals surface area (Å²) >= 11 is 3.24. The molecule has 0 fully saturated rings. The molecule has 0 atom stereocenters. The molecule has 84 valence electrons. The number of ether oxygens (including phenoxy) is 1. The van der Waals surface area contributed by atoms with E-state index >= 15 is 0 Å². The van der Waals surface area contributed by atoms with Gasteiger partial charge < -0.3 is 9.84 Å². The predicted octanol–water partition coefficient (Wildman–Crippen LogP) is 1.53. The van der Waals surface area contributed by atoms with Gasteiger partial charge in [0.25, 0.3) is 0 Å². The SMILES string of the molecule is COC(=O)Cc1cc(CO)c(Br)cc1C#N. The molecule has 0 unspecified atom stereocenters. The Morgan fingerprint density at radius 2 is 2.25 bits per heavy atom. The number of hydrogen-bond donors (Lipinski definition) is 1. The Balaban J connectivity index is 3.16. The van der Waals surface area contributed by atoms with Gasteiger partial charge in [-0.25, -0.2) is 0 Å². The van der Waals surface area contributed by atoms with Gasteiger partial charge in [-0.15, -0.1) is 0 Å². The number of rotatable bonds is 3. The number of aliphatic hydroxyl groups is 1. The van der Waals surface area contributed by atoms with Crippen LogP contribution < -0.4 is 0 Å². The minimum atomic E-state index is -0.414. The first-order valence-corrected chi connectivity index (χ1v) is 5.30. The van der Waals surface area contributed by atoms with E-state index in [0.29, 0.717) is 21.2 Å². The fourth-order valence-electron chi connectivity index (χ4n) is 1.27. The van der Waals surface area contributed by atoms with Gasteiger partial charge in [-0.3, -0.25) is 4.79 Å². The van der Waals surface area contributed by atoms with Crippen LogP contribution >= 0.6 is 15.9 Å². The standard InChI is InChI=1S/C11H10BrNO3/c1-16-11(15)4-7-2-9(6-14)10(12)3-8(7)5-13/h2-3,14H,4,6H2,1H3. The van der Waals surface area contributed by atoms with E-state index in [-0.39, 0.29) is 13.0 Å². The number of methoxy groups -OCH3 is 1. The number of aliphatic hydroxyl groups excluding tert-OH is 1. The number of nitriles is 1. The summed E-state index contributed by atoms with van der Waals surface area (Å²) in [4.78, 5) is 11.1. The van der Waals surface area contributed by atoms with Gasteiger partial charge in [0.15, 0.2) is 0 Å². The largest absolute Gasteiger partial charge is 0.469 e. The maximum Gasteiger partial charge on any atom is 0.310 e. The average Bonchev–Trinajstić information content (AvgIpc) is 2.30. The molecule has 4 nitrogen and oxygen atoms in total. The molecule has 0 aliphatic rings. The van der Waals surface area contributed by atoms with Crippen LogP contribution in [0, 0.1) is 11.3 Å². The van der Waals surface area contributed by atoms with Gasteiger partial charge in [0.2, 0.25) is 0 Å². The smallest absolute Gasteiger partial charge is 0.310 e. The topological polar surface area (TPSA) is 70.3 Å². The van der Waals surface area contributed by atoms with Crippen LogP contribution in [0.4, 0.5) is 0 Å². The third-order valence-corrected chi connectivity index (χ3v) is 2.86. The van der Waals surface area contributed by atoms with Gasteiger partial charge in [0.05, 0.1) is 31.8 Å². The molecule has 0 aromatic heterocycles. The molecule has 0 spiro atoms. The van der Waals surface area contributed by atoms with Crippen molar-refractivity contribution in [3.8, 4) is 6.07 Å². The molecule has 0 heterocycles. The van der Waals surface area contributed by atoms with Crippen LogP contribution in [-0.2, 0) is 22.6 Å². The lowest BCUT2D eigenvalue weighted by molar-refractivity contribution is -0.139. The molecule has 0 amide bonds. The van der Waals surface area contributed by atoms with E-state index in [9.17, 15) is 4.79 Å². The summed E-state index contributed by atoms with van der Waals surface area (Å²) in [6.45, 7) is -0.152. The van der Waals surface area contributed by atoms with Crippen LogP contribution in [0.3, 0.4) is 0 Å². The van der Waals surface area contributed by atoms with E-state index in [4.69, 9.17) is 10.4 Å². The van der Waals surface area contributed by atoms with Crippen molar-refractivity contribution in [2.24, 2.45) is 0 Å². The molecule has 5 heteroatoms. The van der Waals surface area contributed by atoms with Crippen LogP contribution in [-0.4, -0.2) is 18.2 Å². The molecule has 0 saturated carbocycles. The van der Waals surface area contributed by atoms with Crippen molar-refractivity contribution in [3.05, 3.63) is 33.3 Å². The summed E-state index contributed by atoms with van der Waals surface area (Å²) < 4.78 is 5.19. The Morgan fingerprint density at radius 1 is 1.56 bits per heavy atom. The maximum absolute atomic E-state index is 11.1. The zero-order valence-electron chi connectivity index (χ0n) is 8.66. The van der Waals surface area contributed by atoms with Gasteiger partial charge in [0, 0.05) is 4.47 Å². The van der Waals surface area contributed by atoms with Crippen molar-refractivity contribution < 1.29 is 14.6 Å². The number of halogens is 1. The monoisotopic (exact) mass is 283 g/mol. The quantitative estimate of drug-likeness (QED) is 0.854. The Morgan fingerprint density at radius 3 is 2.75 bits per heavy atom. The van der Waals surface area contributed by atoms with Crippen LogP contribution in [0.25, 0.3) is 0 Å². The van der Waals surface area contributed by atoms with E-state index in [2.05, 4.69) is 20.7 Å². The molecule has 1 aromatic rings. The summed E-state index contributed by atoms with van der Waals surface area (Å²) in [5, 5.41) is 18.0. The van der Waals surface area contributed by atoms with Crippen molar-refractivity contribution in [1.29, 1.82) is 5.26 Å². The van der Waals surface area contributed by atoms with E-state index < -0.39 is 5.97 Å². The Hall–Kier alpha value is -1.38. The molecule has 0 saturated heterocycles. The van der Waals surface area contributed by atoms with E-state index in [1.807, 2.05) is 6.07 Å². The highest BCUT2D eigenvalue weighted by Crippen LogP contribution is 2.22. The van der Waals surface area contributed by atoms with Gasteiger partial charge in [-0.2, -0.15) is 5.26 Å². The molecule has 1 rings (SSSR count). The van der Waals surface area contributed by atoms with Crippen LogP contribution in [0.15, 0.2) is 16.6 Å². The van der Waals surface area contributed by atoms with Gasteiger partial charge in [-0.1, -0.05) is 22.0 Å². The fourth-order valence-corrected chi connectivity index (χ4v) is 1.74. The van der Waals surface area contributed by atoms with Crippen molar-refractivity contribution in [3.63, 3.8) is 0 Å². The van der Waals surface area contributed by atoms with Crippen LogP contribution in [0.1, 0.15) is 16.7 Å². The van der Waals surface area contributed by atoms with E-state index in [0.717, 1.165) is 0 Å². The summed E-state index contributed by atoms with van der Waals surface area (Å²) in [6.07, 6.45) is 0.0275. The number of carbonyl (C=O) groups is 1. The fraction of sp³-hybridized carbons (Fsp3) is 0.273. The van der Waals surface area contributed by atoms with Crippen LogP contribution in [0.5, 0.6) is 0 Å². The van der Waals surface area contributed by atoms with E-state index in [1.165, 1.54) is 7.11 Å². The predicted molar refractivity (Wildman–Crippen MR) is 60.5 cm³/mol. The second kappa shape index (κ2) is 5.64. The molecule has 0 aliphatic carbocycles. The summed E-state index contributed by atoms with van der Waals surface area (Å²) in [5.41, 5.74) is 1.59. The summed E-state index contributed by atoms with van der Waals surface area (Å²) in [6, 6.07) is 5.21. The zero-order chi connectivity index (χ0) is 12.1. The second-order valence-electron chi connectivity index (χ2n) is 3.12. The lowest BCUT2D eigenvalue weighted by Gasteiger charge is -2.07. The number of nitrogens with zero attached hydrogens (tertiary/aromatic N) is 1. The third-order valence-electron chi connectivity index (χ3n) is 2.13. The van der Waals surface area contributed by atoms with Gasteiger partial charge in [-0.05, 0) is 17.2 Å². The minimum absolute atomic E-state index is 0.0275. The average molecular weight is 284 g/mol. The molecule has 0 bridgehead atoms. The first-order chi connectivity index (χ1) is 7.62. The zero-order valence-corrected chi connectivity index (χ0v) is 10.2. The summed E-state index contributed by atoms with van der Waals surface area (Å²) in [5.74, 6) is -0.414. The van der Waals surface area contributed by atoms with Crippen molar-refractivity contribution in [1.82, 2.24) is 0 Å². The number of hydrogen-bond acceptors (Lipinski definition) is 4. The van der Waals surface area contributed by atoms with Crippen LogP contribution in [0.2, 0.25) is 0 Å². The lowest BCUT2D eigenvalue weighted by atomic mass is 10.0. The number of esters is 1. The Bertz CT molecular complexity index is 451. The second-order valence-corrected chi connectivity index (χ2v) is 3.98. The van der Waals surface area contributed by atoms with Crippen molar-refractivity contribution in [2.45, 2.75) is 13.0 Å². The van der Waals surface area contributed by atoms with Gasteiger partial charge >= 0.3 is 5.97 Å². The Labute approximate surface area is 102 Å². The highest BCUT2D eigenvalue weighted by Gasteiger charge is 2.11. The van der Waals surface area contributed by atoms with E-state index in [1.54, 1.807) is 12.1 Å². The third kappa shape index (κ3) is 2.81. The number of carbonyl (C=O) groups excluding carboxylic acids is 1. The molecular weight excluding hydrogens is 274 g/mol.